The first-order valence-corrected chi connectivity index (χ1v) is 11.0. The van der Waals surface area contributed by atoms with Crippen molar-refractivity contribution in [2.24, 2.45) is 10.4 Å². The average molecular weight is 456 g/mol. The minimum atomic E-state index is -0.469. The van der Waals surface area contributed by atoms with E-state index in [9.17, 15) is 0 Å². The van der Waals surface area contributed by atoms with Gasteiger partial charge in [-0.25, -0.2) is 0 Å². The summed E-state index contributed by atoms with van der Waals surface area (Å²) >= 11 is 5.54. The van der Waals surface area contributed by atoms with Crippen molar-refractivity contribution in [3.05, 3.63) is 46.2 Å². The van der Waals surface area contributed by atoms with E-state index in [2.05, 4.69) is 59.5 Å². The zero-order chi connectivity index (χ0) is 20.1. The molecule has 0 bridgehead atoms. The highest BCUT2D eigenvalue weighted by Gasteiger charge is 2.48. The fraction of sp³-hybridized carbons (Fsp3) is 0.381. The van der Waals surface area contributed by atoms with Crippen molar-refractivity contribution in [1.29, 1.82) is 10.7 Å². The van der Waals surface area contributed by atoms with E-state index in [0.29, 0.717) is 11.5 Å². The molecule has 2 aliphatic rings. The molecule has 7 heteroatoms. The van der Waals surface area contributed by atoms with Crippen LogP contribution in [0.1, 0.15) is 31.2 Å². The van der Waals surface area contributed by atoms with Crippen LogP contribution in [0.4, 0.5) is 0 Å². The zero-order valence-corrected chi connectivity index (χ0v) is 18.5. The molecule has 2 N–H and O–H groups in total. The first kappa shape index (κ1) is 19.2. The summed E-state index contributed by atoms with van der Waals surface area (Å²) < 4.78 is 0. The molecule has 0 amide bonds. The molecule has 2 atom stereocenters. The van der Waals surface area contributed by atoms with Crippen molar-refractivity contribution in [1.82, 2.24) is 10.2 Å². The smallest absolute Gasteiger partial charge is 0.197 e. The fourth-order valence-corrected chi connectivity index (χ4v) is 5.67. The number of amidine groups is 1. The van der Waals surface area contributed by atoms with Gasteiger partial charge in [-0.15, -0.1) is 11.3 Å². The molecule has 1 unspecified atom stereocenters. The van der Waals surface area contributed by atoms with Gasteiger partial charge in [-0.3, -0.25) is 15.3 Å². The van der Waals surface area contributed by atoms with Gasteiger partial charge < -0.3 is 5.32 Å². The molecule has 5 nitrogen and oxygen atoms in total. The van der Waals surface area contributed by atoms with Crippen LogP contribution >= 0.6 is 27.3 Å². The summed E-state index contributed by atoms with van der Waals surface area (Å²) in [6, 6.07) is 12.0. The SMILES string of the molecule is CC1(C)CN=C2C(Br)[C@@](C)(c3cc(-c4cccc(C#N)c4)cs3)NC(=N)N2C1. The number of hydrogen-bond acceptors (Lipinski definition) is 4. The highest BCUT2D eigenvalue weighted by Crippen LogP contribution is 2.41. The Hall–Kier alpha value is -2.17. The van der Waals surface area contributed by atoms with E-state index < -0.39 is 5.54 Å². The monoisotopic (exact) mass is 455 g/mol. The molecule has 1 fully saturated rings. The number of fused-ring (bicyclic) bond motifs is 1. The second-order valence-electron chi connectivity index (χ2n) is 8.36. The Kier molecular flexibility index (Phi) is 4.59. The third-order valence-corrected chi connectivity index (χ3v) is 7.84. The number of nitriles is 1. The minimum Gasteiger partial charge on any atom is -0.344 e. The number of alkyl halides is 1. The van der Waals surface area contributed by atoms with Crippen LogP contribution in [0.25, 0.3) is 11.1 Å². The summed E-state index contributed by atoms with van der Waals surface area (Å²) in [7, 11) is 0. The van der Waals surface area contributed by atoms with Crippen LogP contribution in [0, 0.1) is 22.2 Å². The number of halogens is 1. The number of aliphatic imine (C=N–C) groups is 1. The van der Waals surface area contributed by atoms with E-state index in [-0.39, 0.29) is 10.2 Å². The van der Waals surface area contributed by atoms with Gasteiger partial charge in [0.2, 0.25) is 0 Å². The van der Waals surface area contributed by atoms with Crippen molar-refractivity contribution in [2.75, 3.05) is 13.1 Å². The summed E-state index contributed by atoms with van der Waals surface area (Å²) in [6.45, 7) is 8.02. The lowest BCUT2D eigenvalue weighted by molar-refractivity contribution is 0.265. The maximum atomic E-state index is 9.16. The van der Waals surface area contributed by atoms with Crippen LogP contribution in [-0.4, -0.2) is 34.6 Å². The standard InChI is InChI=1S/C21H22BrN5S/c1-20(2)11-25-18-17(22)21(3,26-19(24)27(18)12-20)16-8-15(10-28-16)14-6-4-5-13(7-14)9-23/h4-8,10,17H,11-12H2,1-3H3,(H2,24,26)/t17?,21-/m1/s1. The molecule has 28 heavy (non-hydrogen) atoms. The molecule has 144 valence electrons. The number of guanidine groups is 1. The Morgan fingerprint density at radius 2 is 2.11 bits per heavy atom. The van der Waals surface area contributed by atoms with Crippen LogP contribution in [0.15, 0.2) is 40.7 Å². The fourth-order valence-electron chi connectivity index (χ4n) is 3.70. The van der Waals surface area contributed by atoms with Gasteiger partial charge in [-0.05, 0) is 41.6 Å². The van der Waals surface area contributed by atoms with Gasteiger partial charge in [-0.1, -0.05) is 41.9 Å². The largest absolute Gasteiger partial charge is 0.344 e. The molecule has 0 saturated carbocycles. The lowest BCUT2D eigenvalue weighted by atomic mass is 9.86. The quantitative estimate of drug-likeness (QED) is 0.652. The van der Waals surface area contributed by atoms with Gasteiger partial charge in [0.15, 0.2) is 5.96 Å². The van der Waals surface area contributed by atoms with Crippen molar-refractivity contribution < 1.29 is 0 Å². The number of benzene rings is 1. The first-order valence-electron chi connectivity index (χ1n) is 9.16. The molecule has 3 heterocycles. The molecule has 1 saturated heterocycles. The number of nitrogens with one attached hydrogen (secondary N) is 2. The molecule has 1 aromatic carbocycles. The normalized spacial score (nSPS) is 26.1. The van der Waals surface area contributed by atoms with Crippen molar-refractivity contribution >= 4 is 39.1 Å². The number of thiophene rings is 1. The van der Waals surface area contributed by atoms with Crippen molar-refractivity contribution in [3.8, 4) is 17.2 Å². The van der Waals surface area contributed by atoms with Crippen LogP contribution in [0.5, 0.6) is 0 Å². The van der Waals surface area contributed by atoms with Gasteiger partial charge >= 0.3 is 0 Å². The lowest BCUT2D eigenvalue weighted by Gasteiger charge is -2.49. The van der Waals surface area contributed by atoms with Crippen molar-refractivity contribution in [2.45, 2.75) is 31.1 Å². The highest BCUT2D eigenvalue weighted by molar-refractivity contribution is 9.10. The Bertz CT molecular complexity index is 1020. The van der Waals surface area contributed by atoms with E-state index in [1.165, 1.54) is 0 Å². The van der Waals surface area contributed by atoms with Crippen molar-refractivity contribution in [3.63, 3.8) is 0 Å². The van der Waals surface area contributed by atoms with E-state index in [4.69, 9.17) is 15.7 Å². The van der Waals surface area contributed by atoms with Gasteiger partial charge in [-0.2, -0.15) is 5.26 Å². The van der Waals surface area contributed by atoms with E-state index in [0.717, 1.165) is 34.9 Å². The third-order valence-electron chi connectivity index (χ3n) is 5.35. The van der Waals surface area contributed by atoms with Crippen LogP contribution in [0.3, 0.4) is 0 Å². The van der Waals surface area contributed by atoms with Gasteiger partial charge in [0.05, 0.1) is 17.2 Å². The van der Waals surface area contributed by atoms with Crippen LogP contribution in [-0.2, 0) is 5.54 Å². The maximum Gasteiger partial charge on any atom is 0.197 e. The highest BCUT2D eigenvalue weighted by atomic mass is 79.9. The number of nitrogens with zero attached hydrogens (tertiary/aromatic N) is 3. The molecule has 0 aliphatic carbocycles. The van der Waals surface area contributed by atoms with Gasteiger partial charge in [0.25, 0.3) is 0 Å². The second-order valence-corrected chi connectivity index (χ2v) is 10.2. The Labute approximate surface area is 177 Å². The summed E-state index contributed by atoms with van der Waals surface area (Å²) in [5.74, 6) is 1.32. The molecule has 4 rings (SSSR count). The Morgan fingerprint density at radius 3 is 2.86 bits per heavy atom. The molecule has 2 aromatic rings. The van der Waals surface area contributed by atoms with E-state index in [1.54, 1.807) is 11.3 Å². The molecular weight excluding hydrogens is 434 g/mol. The first-order chi connectivity index (χ1) is 13.2. The summed E-state index contributed by atoms with van der Waals surface area (Å²) in [5.41, 5.74) is 2.35. The summed E-state index contributed by atoms with van der Waals surface area (Å²) in [4.78, 5) is 7.90. The zero-order valence-electron chi connectivity index (χ0n) is 16.1. The molecule has 2 aliphatic heterocycles. The summed E-state index contributed by atoms with van der Waals surface area (Å²) in [6.07, 6.45) is 0. The van der Waals surface area contributed by atoms with E-state index in [1.807, 2.05) is 29.2 Å². The topological polar surface area (TPSA) is 75.3 Å². The minimum absolute atomic E-state index is 0.0397. The second kappa shape index (κ2) is 6.71. The molecule has 0 spiro atoms. The molecular formula is C21H22BrN5S. The number of hydrogen-bond donors (Lipinski definition) is 2. The maximum absolute atomic E-state index is 9.16. The predicted molar refractivity (Wildman–Crippen MR) is 118 cm³/mol. The number of rotatable bonds is 2. The van der Waals surface area contributed by atoms with Crippen LogP contribution < -0.4 is 5.32 Å². The van der Waals surface area contributed by atoms with Gasteiger partial charge in [0.1, 0.15) is 10.7 Å². The van der Waals surface area contributed by atoms with Crippen LogP contribution in [0.2, 0.25) is 0 Å². The predicted octanol–water partition coefficient (Wildman–Crippen LogP) is 4.54. The lowest BCUT2D eigenvalue weighted by Crippen LogP contribution is -2.67. The molecule has 0 radical (unpaired) electrons. The average Bonchev–Trinajstić information content (AvgIpc) is 3.17. The summed E-state index contributed by atoms with van der Waals surface area (Å²) in [5, 5.41) is 23.3. The third kappa shape index (κ3) is 3.15. The van der Waals surface area contributed by atoms with E-state index >= 15 is 0 Å². The Balaban J connectivity index is 1.70. The van der Waals surface area contributed by atoms with Gasteiger partial charge in [0, 0.05) is 23.4 Å². The Morgan fingerprint density at radius 1 is 1.32 bits per heavy atom. The molecule has 1 aromatic heterocycles.